The number of methoxy groups -OCH3 is 2. The molecule has 0 radical (unpaired) electrons. The maximum absolute atomic E-state index is 13.6. The van der Waals surface area contributed by atoms with Gasteiger partial charge in [0.25, 0.3) is 5.91 Å². The largest absolute Gasteiger partial charge is 0.497 e. The number of hydrogen-bond acceptors (Lipinski definition) is 5. The molecule has 2 amide bonds. The second-order valence-electron chi connectivity index (χ2n) is 8.89. The highest BCUT2D eigenvalue weighted by Gasteiger charge is 2.26. The van der Waals surface area contributed by atoms with Gasteiger partial charge in [-0.15, -0.1) is 0 Å². The zero-order valence-corrected chi connectivity index (χ0v) is 21.1. The number of aryl methyl sites for hydroxylation is 1. The third-order valence-corrected chi connectivity index (χ3v) is 5.55. The average molecular weight is 479 g/mol. The second kappa shape index (κ2) is 12.1. The fraction of sp³-hybridized carbons (Fsp3) is 0.357. The normalized spacial score (nSPS) is 10.8. The van der Waals surface area contributed by atoms with Gasteiger partial charge in [-0.05, 0) is 42.7 Å². The first kappa shape index (κ1) is 25.9. The molecule has 0 saturated heterocycles. The number of benzene rings is 2. The van der Waals surface area contributed by atoms with Gasteiger partial charge in [0.05, 0.1) is 26.3 Å². The van der Waals surface area contributed by atoms with Gasteiger partial charge in [0.2, 0.25) is 5.91 Å². The summed E-state index contributed by atoms with van der Waals surface area (Å²) in [6.45, 7) is 7.01. The fourth-order valence-electron chi connectivity index (χ4n) is 3.86. The van der Waals surface area contributed by atoms with Crippen LogP contribution in [0.1, 0.15) is 41.3 Å². The second-order valence-corrected chi connectivity index (χ2v) is 8.89. The molecule has 0 atom stereocenters. The summed E-state index contributed by atoms with van der Waals surface area (Å²) in [4.78, 5) is 30.4. The van der Waals surface area contributed by atoms with E-state index in [2.05, 4.69) is 0 Å². The summed E-state index contributed by atoms with van der Waals surface area (Å²) in [5.74, 6) is 2.23. The molecule has 0 fully saturated rings. The molecule has 0 bridgehead atoms. The third-order valence-electron chi connectivity index (χ3n) is 5.55. The van der Waals surface area contributed by atoms with Crippen LogP contribution < -0.4 is 9.47 Å². The van der Waals surface area contributed by atoms with Crippen molar-refractivity contribution in [3.63, 3.8) is 0 Å². The quantitative estimate of drug-likeness (QED) is 0.391. The van der Waals surface area contributed by atoms with Crippen molar-refractivity contribution in [1.29, 1.82) is 0 Å². The Kier molecular flexibility index (Phi) is 8.95. The first-order valence-corrected chi connectivity index (χ1v) is 11.7. The van der Waals surface area contributed by atoms with Crippen LogP contribution in [0.4, 0.5) is 0 Å². The van der Waals surface area contributed by atoms with Crippen LogP contribution in [0.25, 0.3) is 0 Å². The molecule has 0 spiro atoms. The monoisotopic (exact) mass is 478 g/mol. The maximum atomic E-state index is 13.6. The van der Waals surface area contributed by atoms with Gasteiger partial charge in [-0.25, -0.2) is 0 Å². The van der Waals surface area contributed by atoms with E-state index < -0.39 is 0 Å². The lowest BCUT2D eigenvalue weighted by Gasteiger charge is -2.29. The molecular formula is C28H34N2O5. The van der Waals surface area contributed by atoms with Gasteiger partial charge in [0.1, 0.15) is 29.6 Å². The van der Waals surface area contributed by atoms with Crippen molar-refractivity contribution in [2.45, 2.75) is 33.9 Å². The Morgan fingerprint density at radius 3 is 2.26 bits per heavy atom. The number of ether oxygens (including phenoxy) is 2. The molecule has 0 N–H and O–H groups in total. The van der Waals surface area contributed by atoms with E-state index >= 15 is 0 Å². The molecule has 0 aliphatic carbocycles. The smallest absolute Gasteiger partial charge is 0.258 e. The van der Waals surface area contributed by atoms with Crippen molar-refractivity contribution < 1.29 is 23.5 Å². The predicted molar refractivity (Wildman–Crippen MR) is 134 cm³/mol. The summed E-state index contributed by atoms with van der Waals surface area (Å²) in [7, 11) is 3.07. The van der Waals surface area contributed by atoms with Crippen molar-refractivity contribution >= 4 is 11.8 Å². The Hall–Kier alpha value is -3.74. The van der Waals surface area contributed by atoms with Crippen LogP contribution in [0.3, 0.4) is 0 Å². The van der Waals surface area contributed by atoms with E-state index in [1.54, 1.807) is 35.1 Å². The van der Waals surface area contributed by atoms with E-state index in [1.807, 2.05) is 63.2 Å². The Balaban J connectivity index is 1.86. The summed E-state index contributed by atoms with van der Waals surface area (Å²) in [6, 6.07) is 18.6. The van der Waals surface area contributed by atoms with E-state index in [0.29, 0.717) is 42.5 Å². The topological polar surface area (TPSA) is 72.2 Å². The van der Waals surface area contributed by atoms with Gasteiger partial charge in [-0.2, -0.15) is 0 Å². The number of amides is 2. The highest BCUT2D eigenvalue weighted by atomic mass is 16.5. The van der Waals surface area contributed by atoms with Crippen LogP contribution in [0, 0.1) is 12.8 Å². The molecule has 0 aliphatic heterocycles. The Labute approximate surface area is 207 Å². The summed E-state index contributed by atoms with van der Waals surface area (Å²) < 4.78 is 16.4. The molecular weight excluding hydrogens is 444 g/mol. The highest BCUT2D eigenvalue weighted by molar-refractivity contribution is 5.99. The van der Waals surface area contributed by atoms with Crippen LogP contribution >= 0.6 is 0 Å². The summed E-state index contributed by atoms with van der Waals surface area (Å²) in [5, 5.41) is 0. The van der Waals surface area contributed by atoms with Crippen molar-refractivity contribution in [2.24, 2.45) is 5.92 Å². The van der Waals surface area contributed by atoms with E-state index in [4.69, 9.17) is 13.9 Å². The van der Waals surface area contributed by atoms with Crippen LogP contribution in [0.5, 0.6) is 11.5 Å². The van der Waals surface area contributed by atoms with Crippen molar-refractivity contribution in [3.05, 3.63) is 83.3 Å². The summed E-state index contributed by atoms with van der Waals surface area (Å²) in [5.41, 5.74) is 1.39. The minimum absolute atomic E-state index is 0.0568. The van der Waals surface area contributed by atoms with Crippen molar-refractivity contribution in [1.82, 2.24) is 9.80 Å². The van der Waals surface area contributed by atoms with Gasteiger partial charge in [-0.3, -0.25) is 9.59 Å². The molecule has 2 aromatic carbocycles. The predicted octanol–water partition coefficient (Wildman–Crippen LogP) is 4.93. The van der Waals surface area contributed by atoms with E-state index in [1.165, 1.54) is 7.11 Å². The fourth-order valence-corrected chi connectivity index (χ4v) is 3.86. The molecule has 1 heterocycles. The van der Waals surface area contributed by atoms with Crippen molar-refractivity contribution in [3.8, 4) is 11.5 Å². The van der Waals surface area contributed by atoms with E-state index in [-0.39, 0.29) is 24.3 Å². The number of carbonyl (C=O) groups is 2. The average Bonchev–Trinajstić information content (AvgIpc) is 3.27. The van der Waals surface area contributed by atoms with Gasteiger partial charge >= 0.3 is 0 Å². The van der Waals surface area contributed by atoms with Gasteiger partial charge in [-0.1, -0.05) is 44.2 Å². The Bertz CT molecular complexity index is 1120. The standard InChI is InChI=1S/C28H34N2O5/c1-20(2)16-30(28(32)25-14-13-23(33-4)15-26(25)34-5)19-27(31)29(17-22-9-7-6-8-10-22)18-24-12-11-21(3)35-24/h6-15,20H,16-19H2,1-5H3. The van der Waals surface area contributed by atoms with Crippen LogP contribution in [-0.4, -0.2) is 48.9 Å². The van der Waals surface area contributed by atoms with E-state index in [0.717, 1.165) is 11.3 Å². The van der Waals surface area contributed by atoms with Crippen molar-refractivity contribution in [2.75, 3.05) is 27.3 Å². The highest BCUT2D eigenvalue weighted by Crippen LogP contribution is 2.26. The zero-order valence-electron chi connectivity index (χ0n) is 21.1. The lowest BCUT2D eigenvalue weighted by atomic mass is 10.1. The third kappa shape index (κ3) is 7.12. The van der Waals surface area contributed by atoms with E-state index in [9.17, 15) is 9.59 Å². The molecule has 0 aliphatic rings. The van der Waals surface area contributed by atoms with Gasteiger partial charge < -0.3 is 23.7 Å². The van der Waals surface area contributed by atoms with Crippen LogP contribution in [-0.2, 0) is 17.9 Å². The number of hydrogen-bond donors (Lipinski definition) is 0. The lowest BCUT2D eigenvalue weighted by molar-refractivity contribution is -0.133. The van der Waals surface area contributed by atoms with Gasteiger partial charge in [0, 0.05) is 19.2 Å². The minimum Gasteiger partial charge on any atom is -0.497 e. The Morgan fingerprint density at radius 1 is 0.914 bits per heavy atom. The molecule has 0 saturated carbocycles. The molecule has 7 heteroatoms. The molecule has 0 unspecified atom stereocenters. The van der Waals surface area contributed by atoms with Gasteiger partial charge in [0.15, 0.2) is 0 Å². The first-order valence-electron chi connectivity index (χ1n) is 11.7. The molecule has 7 nitrogen and oxygen atoms in total. The SMILES string of the molecule is COc1ccc(C(=O)N(CC(=O)N(Cc2ccccc2)Cc2ccc(C)o2)CC(C)C)c(OC)c1. The number of rotatable bonds is 11. The lowest BCUT2D eigenvalue weighted by Crippen LogP contribution is -2.44. The molecule has 186 valence electrons. The number of carbonyl (C=O) groups excluding carboxylic acids is 2. The molecule has 3 aromatic rings. The zero-order chi connectivity index (χ0) is 25.4. The summed E-state index contributed by atoms with van der Waals surface area (Å²) in [6.07, 6.45) is 0. The Morgan fingerprint density at radius 2 is 1.66 bits per heavy atom. The van der Waals surface area contributed by atoms with Crippen LogP contribution in [0.2, 0.25) is 0 Å². The summed E-state index contributed by atoms with van der Waals surface area (Å²) >= 11 is 0. The number of furan rings is 1. The maximum Gasteiger partial charge on any atom is 0.258 e. The first-order chi connectivity index (χ1) is 16.8. The molecule has 3 rings (SSSR count). The molecule has 35 heavy (non-hydrogen) atoms. The molecule has 1 aromatic heterocycles. The number of nitrogens with zero attached hydrogens (tertiary/aromatic N) is 2. The minimum atomic E-state index is -0.264. The van der Waals surface area contributed by atoms with Crippen LogP contribution in [0.15, 0.2) is 65.1 Å².